The number of hydrogen-bond donors (Lipinski definition) is 0. The van der Waals surface area contributed by atoms with Crippen molar-refractivity contribution in [2.24, 2.45) is 11.0 Å². The van der Waals surface area contributed by atoms with Crippen LogP contribution in [0.15, 0.2) is 81.0 Å². The summed E-state index contributed by atoms with van der Waals surface area (Å²) in [5.41, 5.74) is 4.58. The number of hydrazone groups is 1. The van der Waals surface area contributed by atoms with Crippen molar-refractivity contribution < 1.29 is 9.21 Å². The second-order valence-electron chi connectivity index (χ2n) is 9.13. The maximum Gasteiger partial charge on any atom is 0.277 e. The highest BCUT2D eigenvalue weighted by molar-refractivity contribution is 7.99. The molecule has 6 rings (SSSR count). The fourth-order valence-corrected chi connectivity index (χ4v) is 5.53. The maximum atomic E-state index is 13.5. The molecule has 1 aromatic heterocycles. The van der Waals surface area contributed by atoms with Crippen molar-refractivity contribution in [3.63, 3.8) is 0 Å². The van der Waals surface area contributed by atoms with E-state index in [1.165, 1.54) is 22.9 Å². The standard InChI is InChI=1S/C27H26N4O2S/c32-23(17-34-27-29-28-26(33-27)20-14-15-20)31-25(19-10-5-2-6-11-19)22-13-7-12-21(24(22)30-31)16-18-8-3-1-4-9-18/h1-6,8-11,16,20,22,25H,7,12-15,17H2/b21-16+. The lowest BCUT2D eigenvalue weighted by atomic mass is 9.77. The van der Waals surface area contributed by atoms with E-state index in [1.807, 2.05) is 24.3 Å². The molecule has 3 aliphatic rings. The summed E-state index contributed by atoms with van der Waals surface area (Å²) in [6.45, 7) is 0. The highest BCUT2D eigenvalue weighted by Gasteiger charge is 2.43. The Morgan fingerprint density at radius 2 is 1.79 bits per heavy atom. The molecule has 2 fully saturated rings. The predicted molar refractivity (Wildman–Crippen MR) is 132 cm³/mol. The summed E-state index contributed by atoms with van der Waals surface area (Å²) in [6, 6.07) is 20.5. The summed E-state index contributed by atoms with van der Waals surface area (Å²) in [4.78, 5) is 13.5. The van der Waals surface area contributed by atoms with Gasteiger partial charge in [-0.05, 0) is 54.9 Å². The molecule has 2 aromatic carbocycles. The van der Waals surface area contributed by atoms with Crippen LogP contribution in [0.1, 0.15) is 61.1 Å². The third-order valence-corrected chi connectivity index (χ3v) is 7.51. The van der Waals surface area contributed by atoms with E-state index < -0.39 is 0 Å². The number of carbonyl (C=O) groups is 1. The van der Waals surface area contributed by atoms with Gasteiger partial charge < -0.3 is 4.42 Å². The molecule has 2 heterocycles. The minimum absolute atomic E-state index is 0.0361. The predicted octanol–water partition coefficient (Wildman–Crippen LogP) is 5.86. The van der Waals surface area contributed by atoms with Crippen LogP contribution in [0, 0.1) is 5.92 Å². The van der Waals surface area contributed by atoms with Crippen LogP contribution in [-0.2, 0) is 4.79 Å². The zero-order valence-corrected chi connectivity index (χ0v) is 19.7. The fraction of sp³-hybridized carbons (Fsp3) is 0.333. The number of thioether (sulfide) groups is 1. The van der Waals surface area contributed by atoms with Gasteiger partial charge in [-0.15, -0.1) is 10.2 Å². The molecule has 2 aliphatic carbocycles. The molecule has 2 unspecified atom stereocenters. The van der Waals surface area contributed by atoms with Crippen LogP contribution in [-0.4, -0.2) is 32.6 Å². The highest BCUT2D eigenvalue weighted by atomic mass is 32.2. The Bertz CT molecular complexity index is 1230. The normalized spacial score (nSPS) is 23.1. The maximum absolute atomic E-state index is 13.5. The second kappa shape index (κ2) is 9.22. The summed E-state index contributed by atoms with van der Waals surface area (Å²) in [7, 11) is 0. The first-order chi connectivity index (χ1) is 16.8. The van der Waals surface area contributed by atoms with Gasteiger partial charge in [0.25, 0.3) is 11.1 Å². The number of benzene rings is 2. The minimum atomic E-state index is -0.0894. The second-order valence-corrected chi connectivity index (χ2v) is 10.1. The molecule has 0 bridgehead atoms. The fourth-order valence-electron chi connectivity index (χ4n) is 4.90. The Morgan fingerprint density at radius 3 is 2.56 bits per heavy atom. The largest absolute Gasteiger partial charge is 0.416 e. The molecule has 0 radical (unpaired) electrons. The Morgan fingerprint density at radius 1 is 1.03 bits per heavy atom. The molecule has 6 nitrogen and oxygen atoms in total. The zero-order chi connectivity index (χ0) is 22.9. The molecule has 0 spiro atoms. The van der Waals surface area contributed by atoms with Gasteiger partial charge in [0.05, 0.1) is 17.5 Å². The number of allylic oxidation sites excluding steroid dienone is 1. The smallest absolute Gasteiger partial charge is 0.277 e. The van der Waals surface area contributed by atoms with E-state index in [2.05, 4.69) is 52.7 Å². The van der Waals surface area contributed by atoms with Gasteiger partial charge in [0.15, 0.2) is 0 Å². The minimum Gasteiger partial charge on any atom is -0.416 e. The Hall–Kier alpha value is -3.19. The van der Waals surface area contributed by atoms with Gasteiger partial charge in [-0.25, -0.2) is 5.01 Å². The van der Waals surface area contributed by atoms with Gasteiger partial charge in [0, 0.05) is 11.8 Å². The van der Waals surface area contributed by atoms with E-state index >= 15 is 0 Å². The first-order valence-electron chi connectivity index (χ1n) is 11.9. The number of carbonyl (C=O) groups excluding carboxylic acids is 1. The summed E-state index contributed by atoms with van der Waals surface area (Å²) in [6.07, 6.45) is 7.54. The number of hydrogen-bond acceptors (Lipinski definition) is 6. The van der Waals surface area contributed by atoms with Crippen LogP contribution >= 0.6 is 11.8 Å². The SMILES string of the molecule is O=C(CSc1nnc(C2CC2)o1)N1N=C2/C(=C/c3ccccc3)CCCC2C1c1ccccc1. The van der Waals surface area contributed by atoms with Gasteiger partial charge in [-0.1, -0.05) is 72.4 Å². The van der Waals surface area contributed by atoms with Crippen LogP contribution in [0.25, 0.3) is 6.08 Å². The van der Waals surface area contributed by atoms with Crippen LogP contribution in [0.5, 0.6) is 0 Å². The molecule has 172 valence electrons. The first-order valence-corrected chi connectivity index (χ1v) is 12.9. The number of nitrogens with zero attached hydrogens (tertiary/aromatic N) is 4. The topological polar surface area (TPSA) is 71.6 Å². The summed E-state index contributed by atoms with van der Waals surface area (Å²) < 4.78 is 5.74. The van der Waals surface area contributed by atoms with Crippen LogP contribution in [0.2, 0.25) is 0 Å². The van der Waals surface area contributed by atoms with E-state index in [0.29, 0.717) is 17.0 Å². The van der Waals surface area contributed by atoms with Gasteiger partial charge in [0.1, 0.15) is 0 Å². The lowest BCUT2D eigenvalue weighted by Gasteiger charge is -2.29. The summed E-state index contributed by atoms with van der Waals surface area (Å²) in [5.74, 6) is 1.48. The van der Waals surface area contributed by atoms with Crippen molar-refractivity contribution in [3.8, 4) is 0 Å². The highest BCUT2D eigenvalue weighted by Crippen LogP contribution is 2.45. The van der Waals surface area contributed by atoms with Crippen LogP contribution < -0.4 is 0 Å². The van der Waals surface area contributed by atoms with Crippen molar-refractivity contribution in [1.29, 1.82) is 0 Å². The summed E-state index contributed by atoms with van der Waals surface area (Å²) in [5, 5.41) is 15.4. The van der Waals surface area contributed by atoms with E-state index in [9.17, 15) is 4.79 Å². The third-order valence-electron chi connectivity index (χ3n) is 6.71. The van der Waals surface area contributed by atoms with Gasteiger partial charge in [-0.3, -0.25) is 4.79 Å². The van der Waals surface area contributed by atoms with E-state index in [1.54, 1.807) is 5.01 Å². The first kappa shape index (κ1) is 21.4. The van der Waals surface area contributed by atoms with Crippen LogP contribution in [0.3, 0.4) is 0 Å². The van der Waals surface area contributed by atoms with Crippen molar-refractivity contribution in [1.82, 2.24) is 15.2 Å². The molecule has 0 N–H and O–H groups in total. The van der Waals surface area contributed by atoms with Crippen molar-refractivity contribution in [2.75, 3.05) is 5.75 Å². The van der Waals surface area contributed by atoms with Crippen molar-refractivity contribution >= 4 is 29.5 Å². The van der Waals surface area contributed by atoms with Crippen molar-refractivity contribution in [3.05, 3.63) is 83.3 Å². The molecule has 2 saturated carbocycles. The molecule has 34 heavy (non-hydrogen) atoms. The van der Waals surface area contributed by atoms with Gasteiger partial charge in [0.2, 0.25) is 5.89 Å². The Labute approximate surface area is 203 Å². The molecule has 1 amide bonds. The Balaban J connectivity index is 1.28. The molecular formula is C27H26N4O2S. The number of aromatic nitrogens is 2. The lowest BCUT2D eigenvalue weighted by molar-refractivity contribution is -0.130. The lowest BCUT2D eigenvalue weighted by Crippen LogP contribution is -2.32. The van der Waals surface area contributed by atoms with Gasteiger partial charge in [-0.2, -0.15) is 5.10 Å². The monoisotopic (exact) mass is 470 g/mol. The average Bonchev–Trinajstić information content (AvgIpc) is 3.48. The van der Waals surface area contributed by atoms with Gasteiger partial charge >= 0.3 is 0 Å². The van der Waals surface area contributed by atoms with Crippen molar-refractivity contribution in [2.45, 2.75) is 49.3 Å². The average molecular weight is 471 g/mol. The Kier molecular flexibility index (Phi) is 5.79. The molecule has 3 aromatic rings. The van der Waals surface area contributed by atoms with E-state index in [0.717, 1.165) is 43.4 Å². The number of fused-ring (bicyclic) bond motifs is 1. The third kappa shape index (κ3) is 4.32. The summed E-state index contributed by atoms with van der Waals surface area (Å²) >= 11 is 1.30. The number of rotatable bonds is 6. The quantitative estimate of drug-likeness (QED) is 0.422. The molecule has 7 heteroatoms. The number of amides is 1. The van der Waals surface area contributed by atoms with E-state index in [4.69, 9.17) is 9.52 Å². The van der Waals surface area contributed by atoms with E-state index in [-0.39, 0.29) is 23.6 Å². The molecule has 2 atom stereocenters. The van der Waals surface area contributed by atoms with Crippen LogP contribution in [0.4, 0.5) is 0 Å². The zero-order valence-electron chi connectivity index (χ0n) is 18.8. The molecular weight excluding hydrogens is 444 g/mol. The molecule has 1 aliphatic heterocycles. The molecule has 0 saturated heterocycles.